The number of aliphatic hydroxyl groups is 2. The lowest BCUT2D eigenvalue weighted by atomic mass is 10.0. The molecule has 1 amide bonds. The Labute approximate surface area is 526 Å². The molecular formula is C78H151NO5. The number of hydrogen-bond acceptors (Lipinski definition) is 5. The SMILES string of the molecule is CCCCC/C=C\CCCCCCCC(=O)OCCCCCCCCCCCCCCCCCCCCCCCCCCCCCCCCCCCC(=O)NC(CO)C(O)/C=C/CCCCCCCCCCCCCCCCCCCCCC. The van der Waals surface area contributed by atoms with Crippen LogP contribution in [0.4, 0.5) is 0 Å². The Morgan fingerprint density at radius 2 is 0.560 bits per heavy atom. The van der Waals surface area contributed by atoms with Gasteiger partial charge in [0.15, 0.2) is 0 Å². The topological polar surface area (TPSA) is 95.9 Å². The molecule has 0 heterocycles. The van der Waals surface area contributed by atoms with Crippen molar-refractivity contribution >= 4 is 11.9 Å². The van der Waals surface area contributed by atoms with Crippen LogP contribution >= 0.6 is 0 Å². The molecule has 0 aromatic carbocycles. The smallest absolute Gasteiger partial charge is 0.305 e. The summed E-state index contributed by atoms with van der Waals surface area (Å²) in [4.78, 5) is 24.6. The molecule has 0 saturated heterocycles. The number of carbonyl (C=O) groups is 2. The summed E-state index contributed by atoms with van der Waals surface area (Å²) in [6.07, 6.45) is 94.4. The number of rotatable bonds is 73. The average molecular weight is 1180 g/mol. The number of allylic oxidation sites excluding steroid dienone is 3. The van der Waals surface area contributed by atoms with Crippen LogP contribution < -0.4 is 5.32 Å². The number of ether oxygens (including phenoxy) is 1. The molecule has 3 N–H and O–H groups in total. The van der Waals surface area contributed by atoms with Gasteiger partial charge in [0.2, 0.25) is 5.91 Å². The van der Waals surface area contributed by atoms with Crippen LogP contribution in [-0.4, -0.2) is 47.4 Å². The highest BCUT2D eigenvalue weighted by atomic mass is 16.5. The van der Waals surface area contributed by atoms with E-state index in [1.807, 2.05) is 6.08 Å². The zero-order valence-electron chi connectivity index (χ0n) is 57.2. The van der Waals surface area contributed by atoms with Gasteiger partial charge in [-0.1, -0.05) is 391 Å². The Morgan fingerprint density at radius 3 is 0.869 bits per heavy atom. The van der Waals surface area contributed by atoms with Crippen molar-refractivity contribution in [2.75, 3.05) is 13.2 Å². The van der Waals surface area contributed by atoms with Crippen LogP contribution in [0.1, 0.15) is 438 Å². The predicted octanol–water partition coefficient (Wildman–Crippen LogP) is 25.3. The summed E-state index contributed by atoms with van der Waals surface area (Å²) in [5.74, 6) is -0.0462. The third kappa shape index (κ3) is 69.4. The summed E-state index contributed by atoms with van der Waals surface area (Å²) < 4.78 is 5.48. The van der Waals surface area contributed by atoms with Gasteiger partial charge in [0.25, 0.3) is 0 Å². The minimum absolute atomic E-state index is 0.0121. The van der Waals surface area contributed by atoms with Gasteiger partial charge in [-0.2, -0.15) is 0 Å². The quantitative estimate of drug-likeness (QED) is 0.0320. The number of hydrogen-bond donors (Lipinski definition) is 3. The third-order valence-electron chi connectivity index (χ3n) is 18.2. The van der Waals surface area contributed by atoms with Crippen molar-refractivity contribution in [3.05, 3.63) is 24.3 Å². The van der Waals surface area contributed by atoms with Gasteiger partial charge in [0.1, 0.15) is 0 Å². The molecule has 6 heteroatoms. The maximum Gasteiger partial charge on any atom is 0.305 e. The van der Waals surface area contributed by atoms with Crippen LogP contribution in [0.5, 0.6) is 0 Å². The van der Waals surface area contributed by atoms with Gasteiger partial charge in [-0.05, 0) is 57.8 Å². The van der Waals surface area contributed by atoms with E-state index in [0.29, 0.717) is 19.4 Å². The molecule has 0 rings (SSSR count). The normalized spacial score (nSPS) is 12.6. The first kappa shape index (κ1) is 82.3. The fourth-order valence-electron chi connectivity index (χ4n) is 12.3. The van der Waals surface area contributed by atoms with E-state index in [4.69, 9.17) is 4.74 Å². The third-order valence-corrected chi connectivity index (χ3v) is 18.2. The Balaban J connectivity index is 3.35. The Hall–Kier alpha value is -1.66. The lowest BCUT2D eigenvalue weighted by molar-refractivity contribution is -0.143. The average Bonchev–Trinajstić information content (AvgIpc) is 3.51. The maximum atomic E-state index is 12.5. The van der Waals surface area contributed by atoms with E-state index in [1.165, 1.54) is 366 Å². The predicted molar refractivity (Wildman–Crippen MR) is 370 cm³/mol. The van der Waals surface area contributed by atoms with Gasteiger partial charge in [-0.25, -0.2) is 0 Å². The molecule has 0 aliphatic carbocycles. The minimum atomic E-state index is -0.842. The number of esters is 1. The van der Waals surface area contributed by atoms with E-state index in [1.54, 1.807) is 6.08 Å². The first-order valence-corrected chi connectivity index (χ1v) is 38.6. The van der Waals surface area contributed by atoms with Crippen molar-refractivity contribution in [1.29, 1.82) is 0 Å². The Morgan fingerprint density at radius 1 is 0.321 bits per heavy atom. The van der Waals surface area contributed by atoms with Crippen LogP contribution in [-0.2, 0) is 14.3 Å². The second-order valence-corrected chi connectivity index (χ2v) is 26.7. The first-order valence-electron chi connectivity index (χ1n) is 38.6. The van der Waals surface area contributed by atoms with Gasteiger partial charge in [0, 0.05) is 12.8 Å². The van der Waals surface area contributed by atoms with E-state index in [-0.39, 0.29) is 18.5 Å². The van der Waals surface area contributed by atoms with Crippen molar-refractivity contribution < 1.29 is 24.5 Å². The van der Waals surface area contributed by atoms with E-state index in [2.05, 4.69) is 31.3 Å². The molecule has 2 atom stereocenters. The molecule has 2 unspecified atom stereocenters. The number of carbonyl (C=O) groups excluding carboxylic acids is 2. The van der Waals surface area contributed by atoms with E-state index in [9.17, 15) is 19.8 Å². The fraction of sp³-hybridized carbons (Fsp3) is 0.923. The second kappa shape index (κ2) is 73.8. The molecule has 0 aromatic heterocycles. The lowest BCUT2D eigenvalue weighted by Gasteiger charge is -2.20. The standard InChI is InChI=1S/C78H151NO5/c1-3-5-7-9-11-13-15-17-18-19-20-21-35-38-41-44-47-50-54-58-62-66-70-76(81)75(74-80)79-77(82)71-67-63-59-55-51-48-45-42-39-36-33-31-29-27-25-23-22-24-26-28-30-32-34-37-40-43-46-49-53-57-61-65-69-73-84-78(83)72-68-64-60-56-52-16-14-12-10-8-6-4-2/h12,14,66,70,75-76,80-81H,3-11,13,15-65,67-69,71-74H2,1-2H3,(H,79,82)/b14-12-,70-66+. The van der Waals surface area contributed by atoms with Crippen LogP contribution in [0.3, 0.4) is 0 Å². The maximum absolute atomic E-state index is 12.5. The van der Waals surface area contributed by atoms with Crippen molar-refractivity contribution in [2.24, 2.45) is 0 Å². The highest BCUT2D eigenvalue weighted by molar-refractivity contribution is 5.76. The molecule has 0 aliphatic rings. The Kier molecular flexibility index (Phi) is 72.3. The summed E-state index contributed by atoms with van der Waals surface area (Å²) in [7, 11) is 0. The largest absolute Gasteiger partial charge is 0.466 e. The summed E-state index contributed by atoms with van der Waals surface area (Å²) >= 11 is 0. The summed E-state index contributed by atoms with van der Waals surface area (Å²) in [5.41, 5.74) is 0. The molecule has 0 radical (unpaired) electrons. The number of unbranched alkanes of at least 4 members (excludes halogenated alkanes) is 60. The van der Waals surface area contributed by atoms with E-state index < -0.39 is 12.1 Å². The molecule has 0 saturated carbocycles. The van der Waals surface area contributed by atoms with Gasteiger partial charge < -0.3 is 20.3 Å². The highest BCUT2D eigenvalue weighted by Crippen LogP contribution is 2.20. The van der Waals surface area contributed by atoms with Gasteiger partial charge in [0.05, 0.1) is 25.4 Å². The number of nitrogens with one attached hydrogen (secondary N) is 1. The number of aliphatic hydroxyl groups excluding tert-OH is 2. The second-order valence-electron chi connectivity index (χ2n) is 26.7. The van der Waals surface area contributed by atoms with Crippen molar-refractivity contribution in [3.63, 3.8) is 0 Å². The lowest BCUT2D eigenvalue weighted by Crippen LogP contribution is -2.45. The molecule has 0 spiro atoms. The zero-order valence-corrected chi connectivity index (χ0v) is 57.2. The highest BCUT2D eigenvalue weighted by Gasteiger charge is 2.18. The summed E-state index contributed by atoms with van der Waals surface area (Å²) in [5, 5.41) is 23.3. The fourth-order valence-corrected chi connectivity index (χ4v) is 12.3. The zero-order chi connectivity index (χ0) is 60.6. The Bertz CT molecular complexity index is 1320. The van der Waals surface area contributed by atoms with Gasteiger partial charge in [-0.15, -0.1) is 0 Å². The molecule has 0 aromatic rings. The van der Waals surface area contributed by atoms with Gasteiger partial charge in [-0.3, -0.25) is 9.59 Å². The van der Waals surface area contributed by atoms with Crippen LogP contribution in [0.25, 0.3) is 0 Å². The van der Waals surface area contributed by atoms with Crippen molar-refractivity contribution in [2.45, 2.75) is 450 Å². The molecule has 0 fully saturated rings. The van der Waals surface area contributed by atoms with Crippen molar-refractivity contribution in [1.82, 2.24) is 5.32 Å². The number of amides is 1. The molecule has 498 valence electrons. The van der Waals surface area contributed by atoms with Crippen LogP contribution in [0, 0.1) is 0 Å². The summed E-state index contributed by atoms with van der Waals surface area (Å²) in [6.45, 7) is 4.93. The summed E-state index contributed by atoms with van der Waals surface area (Å²) in [6, 6.07) is -0.625. The van der Waals surface area contributed by atoms with Crippen LogP contribution in [0.2, 0.25) is 0 Å². The molecule has 0 aliphatic heterocycles. The van der Waals surface area contributed by atoms with Crippen LogP contribution in [0.15, 0.2) is 24.3 Å². The molecule has 0 bridgehead atoms. The molecule has 84 heavy (non-hydrogen) atoms. The molecule has 6 nitrogen and oxygen atoms in total. The van der Waals surface area contributed by atoms with E-state index in [0.717, 1.165) is 44.9 Å². The first-order chi connectivity index (χ1) is 41.5. The monoisotopic (exact) mass is 1180 g/mol. The van der Waals surface area contributed by atoms with Crippen molar-refractivity contribution in [3.8, 4) is 0 Å². The van der Waals surface area contributed by atoms with Gasteiger partial charge >= 0.3 is 5.97 Å². The van der Waals surface area contributed by atoms with E-state index >= 15 is 0 Å². The molecular weight excluding hydrogens is 1030 g/mol. The minimum Gasteiger partial charge on any atom is -0.466 e.